The largest absolute Gasteiger partial charge is 0.368 e. The van der Waals surface area contributed by atoms with E-state index in [-0.39, 0.29) is 5.69 Å². The van der Waals surface area contributed by atoms with Gasteiger partial charge in [0.25, 0.3) is 5.91 Å². The van der Waals surface area contributed by atoms with Gasteiger partial charge >= 0.3 is 0 Å². The van der Waals surface area contributed by atoms with E-state index >= 15 is 0 Å². The molecule has 10 heteroatoms. The average molecular weight is 493 g/mol. The van der Waals surface area contributed by atoms with Crippen LogP contribution < -0.4 is 11.2 Å². The van der Waals surface area contributed by atoms with Crippen LogP contribution in [-0.4, -0.2) is 39.2 Å². The van der Waals surface area contributed by atoms with Crippen LogP contribution in [0.15, 0.2) is 42.5 Å². The molecule has 0 bridgehead atoms. The van der Waals surface area contributed by atoms with Gasteiger partial charge in [-0.25, -0.2) is 9.69 Å². The molecule has 0 spiro atoms. The molecule has 0 saturated carbocycles. The molecule has 4 rings (SSSR count). The molecule has 1 unspecified atom stereocenters. The molecule has 1 saturated heterocycles. The molecule has 3 aromatic rings. The lowest BCUT2D eigenvalue weighted by atomic mass is 10.1. The number of carbonyl (C=O) groups excluding carboxylic acids is 2. The molecule has 1 atom stereocenters. The van der Waals surface area contributed by atoms with Crippen LogP contribution in [0, 0.1) is 6.92 Å². The highest BCUT2D eigenvalue weighted by Gasteiger charge is 2.32. The fourth-order valence-corrected chi connectivity index (χ4v) is 4.48. The van der Waals surface area contributed by atoms with Crippen LogP contribution in [-0.2, 0) is 4.79 Å². The minimum Gasteiger partial charge on any atom is -0.368 e. The first kappa shape index (κ1) is 22.6. The Kier molecular flexibility index (Phi) is 6.44. The third-order valence-corrected chi connectivity index (χ3v) is 6.21. The molecule has 1 aliphatic rings. The molecule has 32 heavy (non-hydrogen) atoms. The predicted molar refractivity (Wildman–Crippen MR) is 125 cm³/mol. The van der Waals surface area contributed by atoms with Gasteiger partial charge in [0.15, 0.2) is 5.69 Å². The van der Waals surface area contributed by atoms with Gasteiger partial charge in [0.1, 0.15) is 6.04 Å². The maximum atomic E-state index is 13.2. The molecule has 2 heterocycles. The SMILES string of the molecule is Cc1c(C(=O)NN2CCCC2C(N)=O)nn(-c2ccc(Cl)cc2Cl)c1-c1ccc(Cl)cc1. The Morgan fingerprint density at radius 2 is 1.78 bits per heavy atom. The summed E-state index contributed by atoms with van der Waals surface area (Å²) in [7, 11) is 0. The van der Waals surface area contributed by atoms with Crippen molar-refractivity contribution in [2.75, 3.05) is 6.54 Å². The third kappa shape index (κ3) is 4.34. The van der Waals surface area contributed by atoms with Crippen LogP contribution in [0.2, 0.25) is 15.1 Å². The highest BCUT2D eigenvalue weighted by molar-refractivity contribution is 6.35. The van der Waals surface area contributed by atoms with Crippen molar-refractivity contribution in [2.24, 2.45) is 5.73 Å². The molecule has 3 N–H and O–H groups in total. The number of carbonyl (C=O) groups is 2. The molecule has 1 aromatic heterocycles. The summed E-state index contributed by atoms with van der Waals surface area (Å²) in [5, 5.41) is 7.61. The zero-order valence-corrected chi connectivity index (χ0v) is 19.4. The van der Waals surface area contributed by atoms with Crippen LogP contribution >= 0.6 is 34.8 Å². The number of hydrogen-bond donors (Lipinski definition) is 2. The highest BCUT2D eigenvalue weighted by Crippen LogP contribution is 2.33. The van der Waals surface area contributed by atoms with E-state index in [1.807, 2.05) is 19.1 Å². The minimum atomic E-state index is -0.539. The molecule has 7 nitrogen and oxygen atoms in total. The van der Waals surface area contributed by atoms with Crippen LogP contribution in [0.4, 0.5) is 0 Å². The van der Waals surface area contributed by atoms with E-state index in [1.165, 1.54) is 0 Å². The van der Waals surface area contributed by atoms with Gasteiger partial charge in [-0.3, -0.25) is 15.0 Å². The molecular weight excluding hydrogens is 473 g/mol. The first-order chi connectivity index (χ1) is 15.3. The monoisotopic (exact) mass is 491 g/mol. The summed E-state index contributed by atoms with van der Waals surface area (Å²) in [6.45, 7) is 2.34. The van der Waals surface area contributed by atoms with Crippen LogP contribution in [0.3, 0.4) is 0 Å². The van der Waals surface area contributed by atoms with E-state index in [9.17, 15) is 9.59 Å². The number of hydrogen-bond acceptors (Lipinski definition) is 4. The number of nitrogens with one attached hydrogen (secondary N) is 1. The van der Waals surface area contributed by atoms with Crippen molar-refractivity contribution < 1.29 is 9.59 Å². The zero-order chi connectivity index (χ0) is 23.0. The van der Waals surface area contributed by atoms with E-state index in [2.05, 4.69) is 10.5 Å². The molecule has 1 fully saturated rings. The Hall–Kier alpha value is -2.58. The summed E-state index contributed by atoms with van der Waals surface area (Å²) in [5.74, 6) is -0.908. The topological polar surface area (TPSA) is 93.2 Å². The van der Waals surface area contributed by atoms with Crippen LogP contribution in [0.5, 0.6) is 0 Å². The lowest BCUT2D eigenvalue weighted by molar-refractivity contribution is -0.122. The number of aromatic nitrogens is 2. The second-order valence-corrected chi connectivity index (χ2v) is 8.81. The van der Waals surface area contributed by atoms with Gasteiger partial charge in [0.05, 0.1) is 16.4 Å². The van der Waals surface area contributed by atoms with E-state index in [1.54, 1.807) is 40.0 Å². The second kappa shape index (κ2) is 9.11. The fraction of sp³-hybridized carbons (Fsp3) is 0.227. The van der Waals surface area contributed by atoms with Gasteiger partial charge in [0, 0.05) is 27.7 Å². The number of primary amides is 1. The molecular formula is C22H20Cl3N5O2. The summed E-state index contributed by atoms with van der Waals surface area (Å²) in [4.78, 5) is 24.8. The Balaban J connectivity index is 1.79. The number of nitrogens with two attached hydrogens (primary N) is 1. The van der Waals surface area contributed by atoms with Crippen molar-refractivity contribution >= 4 is 46.6 Å². The van der Waals surface area contributed by atoms with Gasteiger partial charge in [-0.05, 0) is 50.1 Å². The molecule has 166 valence electrons. The molecule has 2 aromatic carbocycles. The van der Waals surface area contributed by atoms with Crippen molar-refractivity contribution in [1.29, 1.82) is 0 Å². The first-order valence-corrected chi connectivity index (χ1v) is 11.1. The van der Waals surface area contributed by atoms with E-state index in [0.29, 0.717) is 45.0 Å². The van der Waals surface area contributed by atoms with Crippen molar-refractivity contribution in [3.05, 3.63) is 68.8 Å². The lowest BCUT2D eigenvalue weighted by Gasteiger charge is -2.22. The molecule has 2 amide bonds. The van der Waals surface area contributed by atoms with Gasteiger partial charge in [-0.1, -0.05) is 46.9 Å². The third-order valence-electron chi connectivity index (χ3n) is 5.42. The molecule has 0 aliphatic carbocycles. The number of nitrogens with zero attached hydrogens (tertiary/aromatic N) is 3. The van der Waals surface area contributed by atoms with Crippen molar-refractivity contribution in [3.63, 3.8) is 0 Å². The number of benzene rings is 2. The summed E-state index contributed by atoms with van der Waals surface area (Å²) < 4.78 is 1.61. The van der Waals surface area contributed by atoms with Crippen LogP contribution in [0.1, 0.15) is 28.9 Å². The van der Waals surface area contributed by atoms with Gasteiger partial charge in [0.2, 0.25) is 5.91 Å². The Labute approximate surface area is 200 Å². The standard InChI is InChI=1S/C22H20Cl3N5O2/c1-12-19(22(32)28-29-10-2-3-18(29)21(26)31)27-30(17-9-8-15(24)11-16(17)25)20(12)13-4-6-14(23)7-5-13/h4-9,11,18H,2-3,10H2,1H3,(H2,26,31)(H,28,32). The molecule has 1 aliphatic heterocycles. The average Bonchev–Trinajstić information content (AvgIpc) is 3.33. The maximum Gasteiger partial charge on any atom is 0.286 e. The number of hydrazine groups is 1. The van der Waals surface area contributed by atoms with Gasteiger partial charge in [-0.2, -0.15) is 5.10 Å². The molecule has 0 radical (unpaired) electrons. The zero-order valence-electron chi connectivity index (χ0n) is 17.1. The minimum absolute atomic E-state index is 0.205. The summed E-state index contributed by atoms with van der Waals surface area (Å²) >= 11 is 18.6. The number of rotatable bonds is 5. The summed E-state index contributed by atoms with van der Waals surface area (Å²) in [5.41, 5.74) is 11.2. The van der Waals surface area contributed by atoms with Crippen molar-refractivity contribution in [2.45, 2.75) is 25.8 Å². The predicted octanol–water partition coefficient (Wildman–Crippen LogP) is 4.40. The quantitative estimate of drug-likeness (QED) is 0.552. The normalized spacial score (nSPS) is 16.3. The number of amides is 2. The Morgan fingerprint density at radius 3 is 2.44 bits per heavy atom. The van der Waals surface area contributed by atoms with E-state index in [4.69, 9.17) is 40.5 Å². The maximum absolute atomic E-state index is 13.2. The lowest BCUT2D eigenvalue weighted by Crippen LogP contribution is -2.50. The first-order valence-electron chi connectivity index (χ1n) is 9.94. The van der Waals surface area contributed by atoms with Crippen molar-refractivity contribution in [1.82, 2.24) is 20.2 Å². The van der Waals surface area contributed by atoms with Gasteiger partial charge in [-0.15, -0.1) is 0 Å². The van der Waals surface area contributed by atoms with E-state index in [0.717, 1.165) is 12.0 Å². The van der Waals surface area contributed by atoms with E-state index < -0.39 is 17.9 Å². The number of halogens is 3. The highest BCUT2D eigenvalue weighted by atomic mass is 35.5. The fourth-order valence-electron chi connectivity index (χ4n) is 3.87. The Bertz CT molecular complexity index is 1190. The Morgan fingerprint density at radius 1 is 1.09 bits per heavy atom. The smallest absolute Gasteiger partial charge is 0.286 e. The van der Waals surface area contributed by atoms with Crippen molar-refractivity contribution in [3.8, 4) is 16.9 Å². The summed E-state index contributed by atoms with van der Waals surface area (Å²) in [6, 6.07) is 11.7. The second-order valence-electron chi connectivity index (χ2n) is 7.53. The van der Waals surface area contributed by atoms with Crippen LogP contribution in [0.25, 0.3) is 16.9 Å². The van der Waals surface area contributed by atoms with Gasteiger partial charge < -0.3 is 5.73 Å². The summed E-state index contributed by atoms with van der Waals surface area (Å²) in [6.07, 6.45) is 1.36.